The number of fused-ring (bicyclic) bond motifs is 1. The normalized spacial score (nSPS) is 10.9. The molecule has 0 saturated carbocycles. The lowest BCUT2D eigenvalue weighted by Crippen LogP contribution is -2.20. The van der Waals surface area contributed by atoms with Crippen LogP contribution in [0.4, 0.5) is 0 Å². The smallest absolute Gasteiger partial charge is 0.262 e. The van der Waals surface area contributed by atoms with E-state index < -0.39 is 0 Å². The largest absolute Gasteiger partial charge is 0.294 e. The summed E-state index contributed by atoms with van der Waals surface area (Å²) in [5.74, 6) is 0. The van der Waals surface area contributed by atoms with Crippen LogP contribution in [0, 0.1) is 0 Å². The highest BCUT2D eigenvalue weighted by atomic mass is 35.5. The fourth-order valence-corrected chi connectivity index (χ4v) is 2.77. The van der Waals surface area contributed by atoms with Gasteiger partial charge in [-0.3, -0.25) is 9.36 Å². The zero-order chi connectivity index (χ0) is 12.5. The lowest BCUT2D eigenvalue weighted by atomic mass is 10.2. The van der Waals surface area contributed by atoms with E-state index in [1.165, 1.54) is 11.3 Å². The van der Waals surface area contributed by atoms with Crippen LogP contribution in [0.15, 0.2) is 46.8 Å². The number of halogens is 1. The van der Waals surface area contributed by atoms with Gasteiger partial charge in [0.2, 0.25) is 0 Å². The molecule has 0 spiro atoms. The fraction of sp³-hybridized carbons (Fsp3) is 0.0769. The molecule has 0 atom stereocenters. The molecule has 0 N–H and O–H groups in total. The van der Waals surface area contributed by atoms with Crippen molar-refractivity contribution >= 4 is 33.2 Å². The van der Waals surface area contributed by atoms with Crippen molar-refractivity contribution in [3.05, 3.63) is 63.0 Å². The summed E-state index contributed by atoms with van der Waals surface area (Å²) in [6, 6.07) is 9.29. The van der Waals surface area contributed by atoms with Gasteiger partial charge in [-0.25, -0.2) is 4.98 Å². The van der Waals surface area contributed by atoms with Gasteiger partial charge in [-0.15, -0.1) is 11.3 Å². The molecule has 0 unspecified atom stereocenters. The molecule has 18 heavy (non-hydrogen) atoms. The molecule has 0 bridgehead atoms. The van der Waals surface area contributed by atoms with Gasteiger partial charge in [0.25, 0.3) is 5.56 Å². The van der Waals surface area contributed by atoms with Gasteiger partial charge in [0.1, 0.15) is 4.83 Å². The van der Waals surface area contributed by atoms with Gasteiger partial charge in [0.15, 0.2) is 0 Å². The molecule has 0 aliphatic rings. The van der Waals surface area contributed by atoms with Crippen molar-refractivity contribution in [3.8, 4) is 0 Å². The Morgan fingerprint density at radius 3 is 3.06 bits per heavy atom. The van der Waals surface area contributed by atoms with Gasteiger partial charge < -0.3 is 0 Å². The molecule has 3 aromatic rings. The first kappa shape index (κ1) is 11.4. The molecule has 0 aliphatic heterocycles. The highest BCUT2D eigenvalue weighted by molar-refractivity contribution is 7.16. The predicted octanol–water partition coefficient (Wildman–Crippen LogP) is 3.16. The molecule has 0 aliphatic carbocycles. The van der Waals surface area contributed by atoms with Crippen molar-refractivity contribution < 1.29 is 0 Å². The number of rotatable bonds is 2. The molecule has 90 valence electrons. The summed E-state index contributed by atoms with van der Waals surface area (Å²) >= 11 is 7.40. The molecule has 0 radical (unpaired) electrons. The Balaban J connectivity index is 2.05. The second kappa shape index (κ2) is 4.55. The minimum Gasteiger partial charge on any atom is -0.294 e. The van der Waals surface area contributed by atoms with E-state index in [0.717, 1.165) is 10.4 Å². The van der Waals surface area contributed by atoms with Crippen LogP contribution in [0.2, 0.25) is 5.02 Å². The van der Waals surface area contributed by atoms with Gasteiger partial charge in [0.05, 0.1) is 18.3 Å². The van der Waals surface area contributed by atoms with E-state index in [2.05, 4.69) is 4.98 Å². The van der Waals surface area contributed by atoms with E-state index in [9.17, 15) is 4.79 Å². The minimum atomic E-state index is -0.0128. The highest BCUT2D eigenvalue weighted by Crippen LogP contribution is 2.15. The number of thiophene rings is 1. The summed E-state index contributed by atoms with van der Waals surface area (Å²) in [4.78, 5) is 17.2. The van der Waals surface area contributed by atoms with Crippen LogP contribution in [0.3, 0.4) is 0 Å². The number of hydrogen-bond acceptors (Lipinski definition) is 3. The third-order valence-electron chi connectivity index (χ3n) is 2.69. The standard InChI is InChI=1S/C13H9ClN2OS/c14-10-3-1-2-9(6-10)7-16-8-15-12-11(13(16)17)4-5-18-12/h1-6,8H,7H2. The lowest BCUT2D eigenvalue weighted by molar-refractivity contribution is 0.749. The number of aromatic nitrogens is 2. The lowest BCUT2D eigenvalue weighted by Gasteiger charge is -2.05. The van der Waals surface area contributed by atoms with Crippen LogP contribution in [0.5, 0.6) is 0 Å². The molecule has 2 aromatic heterocycles. The fourth-order valence-electron chi connectivity index (χ4n) is 1.84. The van der Waals surface area contributed by atoms with Crippen LogP contribution in [-0.4, -0.2) is 9.55 Å². The van der Waals surface area contributed by atoms with E-state index in [1.807, 2.05) is 35.7 Å². The van der Waals surface area contributed by atoms with Crippen molar-refractivity contribution in [1.82, 2.24) is 9.55 Å². The van der Waals surface area contributed by atoms with E-state index in [-0.39, 0.29) is 5.56 Å². The van der Waals surface area contributed by atoms with Crippen LogP contribution in [0.25, 0.3) is 10.2 Å². The Labute approximate surface area is 112 Å². The Kier molecular flexibility index (Phi) is 2.89. The number of nitrogens with zero attached hydrogens (tertiary/aromatic N) is 2. The Hall–Kier alpha value is -1.65. The zero-order valence-electron chi connectivity index (χ0n) is 9.34. The van der Waals surface area contributed by atoms with Gasteiger partial charge in [0, 0.05) is 5.02 Å². The molecule has 5 heteroatoms. The van der Waals surface area contributed by atoms with Gasteiger partial charge in [-0.1, -0.05) is 23.7 Å². The second-order valence-corrected chi connectivity index (χ2v) is 5.28. The average Bonchev–Trinajstić information content (AvgIpc) is 2.82. The van der Waals surface area contributed by atoms with Gasteiger partial charge in [-0.05, 0) is 29.1 Å². The van der Waals surface area contributed by atoms with Crippen molar-refractivity contribution in [1.29, 1.82) is 0 Å². The monoisotopic (exact) mass is 276 g/mol. The maximum atomic E-state index is 12.2. The first-order chi connectivity index (χ1) is 8.74. The van der Waals surface area contributed by atoms with Gasteiger partial charge >= 0.3 is 0 Å². The SMILES string of the molecule is O=c1c2ccsc2ncn1Cc1cccc(Cl)c1. The predicted molar refractivity (Wildman–Crippen MR) is 74.4 cm³/mol. The average molecular weight is 277 g/mol. The molecule has 1 aromatic carbocycles. The summed E-state index contributed by atoms with van der Waals surface area (Å²) in [6.45, 7) is 0.484. The summed E-state index contributed by atoms with van der Waals surface area (Å²) < 4.78 is 1.60. The maximum Gasteiger partial charge on any atom is 0.262 e. The van der Waals surface area contributed by atoms with Crippen LogP contribution in [0.1, 0.15) is 5.56 Å². The van der Waals surface area contributed by atoms with Crippen molar-refractivity contribution in [2.45, 2.75) is 6.54 Å². The summed E-state index contributed by atoms with van der Waals surface area (Å²) in [6.07, 6.45) is 1.59. The molecule has 3 nitrogen and oxygen atoms in total. The Bertz CT molecular complexity index is 763. The summed E-state index contributed by atoms with van der Waals surface area (Å²) in [7, 11) is 0. The van der Waals surface area contributed by atoms with Crippen molar-refractivity contribution in [3.63, 3.8) is 0 Å². The quantitative estimate of drug-likeness (QED) is 0.721. The first-order valence-electron chi connectivity index (χ1n) is 5.41. The van der Waals surface area contributed by atoms with Crippen LogP contribution < -0.4 is 5.56 Å². The second-order valence-electron chi connectivity index (χ2n) is 3.95. The van der Waals surface area contributed by atoms with E-state index in [0.29, 0.717) is 17.0 Å². The van der Waals surface area contributed by atoms with Crippen LogP contribution >= 0.6 is 22.9 Å². The molecule has 0 fully saturated rings. The molecular weight excluding hydrogens is 268 g/mol. The number of benzene rings is 1. The summed E-state index contributed by atoms with van der Waals surface area (Å²) in [5.41, 5.74) is 0.974. The molecule has 2 heterocycles. The topological polar surface area (TPSA) is 34.9 Å². The van der Waals surface area contributed by atoms with Gasteiger partial charge in [-0.2, -0.15) is 0 Å². The minimum absolute atomic E-state index is 0.0128. The highest BCUT2D eigenvalue weighted by Gasteiger charge is 2.05. The zero-order valence-corrected chi connectivity index (χ0v) is 10.9. The number of hydrogen-bond donors (Lipinski definition) is 0. The Morgan fingerprint density at radius 2 is 2.22 bits per heavy atom. The maximum absolute atomic E-state index is 12.2. The summed E-state index contributed by atoms with van der Waals surface area (Å²) in [5, 5.41) is 3.22. The van der Waals surface area contributed by atoms with Crippen LogP contribution in [-0.2, 0) is 6.54 Å². The Morgan fingerprint density at radius 1 is 1.33 bits per heavy atom. The van der Waals surface area contributed by atoms with Crippen molar-refractivity contribution in [2.24, 2.45) is 0 Å². The molecule has 3 rings (SSSR count). The third kappa shape index (κ3) is 2.05. The van der Waals surface area contributed by atoms with E-state index in [4.69, 9.17) is 11.6 Å². The molecule has 0 amide bonds. The van der Waals surface area contributed by atoms with Crippen molar-refractivity contribution in [2.75, 3.05) is 0 Å². The molecular formula is C13H9ClN2OS. The third-order valence-corrected chi connectivity index (χ3v) is 3.75. The van der Waals surface area contributed by atoms with E-state index >= 15 is 0 Å². The first-order valence-corrected chi connectivity index (χ1v) is 6.67. The molecule has 0 saturated heterocycles. The van der Waals surface area contributed by atoms with E-state index in [1.54, 1.807) is 10.9 Å².